The number of thiazole rings is 1. The standard InChI is InChI=1S/C19H23F3N6OS/c1-23-18(24-11-16-26-15(13-30-16)19(20,21)22)25-12-17(29)28-9-7-27(8-10-28)14-5-3-2-4-6-14/h2-6,13H,7-12H2,1H3,(H2,23,24,25). The van der Waals surface area contributed by atoms with Gasteiger partial charge in [-0.25, -0.2) is 4.98 Å². The van der Waals surface area contributed by atoms with Crippen LogP contribution in [0.2, 0.25) is 0 Å². The zero-order valence-electron chi connectivity index (χ0n) is 16.4. The average molecular weight is 440 g/mol. The van der Waals surface area contributed by atoms with Gasteiger partial charge in [0.25, 0.3) is 0 Å². The Kier molecular flexibility index (Phi) is 7.14. The van der Waals surface area contributed by atoms with Crippen molar-refractivity contribution in [1.82, 2.24) is 20.5 Å². The van der Waals surface area contributed by atoms with E-state index in [1.807, 2.05) is 18.2 Å². The maximum atomic E-state index is 12.6. The van der Waals surface area contributed by atoms with Crippen LogP contribution < -0.4 is 15.5 Å². The number of amides is 1. The highest BCUT2D eigenvalue weighted by Crippen LogP contribution is 2.29. The van der Waals surface area contributed by atoms with Crippen LogP contribution in [0.4, 0.5) is 18.9 Å². The Balaban J connectivity index is 1.42. The Morgan fingerprint density at radius 3 is 2.47 bits per heavy atom. The van der Waals surface area contributed by atoms with Crippen molar-refractivity contribution in [2.24, 2.45) is 4.99 Å². The van der Waals surface area contributed by atoms with Crippen LogP contribution in [0.3, 0.4) is 0 Å². The van der Waals surface area contributed by atoms with Gasteiger partial charge in [0.2, 0.25) is 5.91 Å². The monoisotopic (exact) mass is 440 g/mol. The molecule has 30 heavy (non-hydrogen) atoms. The van der Waals surface area contributed by atoms with Gasteiger partial charge in [-0.1, -0.05) is 18.2 Å². The van der Waals surface area contributed by atoms with Crippen molar-refractivity contribution in [2.45, 2.75) is 12.7 Å². The number of aromatic nitrogens is 1. The lowest BCUT2D eigenvalue weighted by atomic mass is 10.2. The van der Waals surface area contributed by atoms with E-state index >= 15 is 0 Å². The summed E-state index contributed by atoms with van der Waals surface area (Å²) in [7, 11) is 1.53. The lowest BCUT2D eigenvalue weighted by molar-refractivity contribution is -0.140. The predicted octanol–water partition coefficient (Wildman–Crippen LogP) is 2.18. The zero-order valence-corrected chi connectivity index (χ0v) is 17.3. The number of hydrogen-bond donors (Lipinski definition) is 2. The summed E-state index contributed by atoms with van der Waals surface area (Å²) in [6.45, 7) is 2.91. The SMILES string of the molecule is CN=C(NCC(=O)N1CCN(c2ccccc2)CC1)NCc1nc(C(F)(F)F)cs1. The minimum atomic E-state index is -4.45. The fraction of sp³-hybridized carbons (Fsp3) is 0.421. The smallest absolute Gasteiger partial charge is 0.368 e. The molecule has 2 aromatic rings. The minimum Gasteiger partial charge on any atom is -0.368 e. The van der Waals surface area contributed by atoms with Gasteiger partial charge in [-0.2, -0.15) is 13.2 Å². The molecular formula is C19H23F3N6OS. The molecule has 11 heteroatoms. The number of anilines is 1. The van der Waals surface area contributed by atoms with Crippen LogP contribution in [0, 0.1) is 0 Å². The third kappa shape index (κ3) is 5.85. The number of nitrogens with one attached hydrogen (secondary N) is 2. The van der Waals surface area contributed by atoms with Crippen molar-refractivity contribution < 1.29 is 18.0 Å². The lowest BCUT2D eigenvalue weighted by Gasteiger charge is -2.36. The number of carbonyl (C=O) groups excluding carboxylic acids is 1. The molecular weight excluding hydrogens is 417 g/mol. The normalized spacial score (nSPS) is 15.3. The molecule has 7 nitrogen and oxygen atoms in total. The largest absolute Gasteiger partial charge is 0.434 e. The lowest BCUT2D eigenvalue weighted by Crippen LogP contribution is -2.52. The van der Waals surface area contributed by atoms with Crippen molar-refractivity contribution in [3.8, 4) is 0 Å². The van der Waals surface area contributed by atoms with Crippen molar-refractivity contribution in [3.05, 3.63) is 46.4 Å². The molecule has 1 aromatic heterocycles. The van der Waals surface area contributed by atoms with Crippen LogP contribution in [-0.4, -0.2) is 61.5 Å². The summed E-state index contributed by atoms with van der Waals surface area (Å²) in [5.74, 6) is 0.272. The molecule has 0 unspecified atom stereocenters. The molecule has 0 bridgehead atoms. The fourth-order valence-electron chi connectivity index (χ4n) is 3.03. The molecule has 1 fully saturated rings. The van der Waals surface area contributed by atoms with Crippen molar-refractivity contribution >= 4 is 28.9 Å². The van der Waals surface area contributed by atoms with Crippen LogP contribution >= 0.6 is 11.3 Å². The molecule has 1 saturated heterocycles. The molecule has 162 valence electrons. The number of halogens is 3. The van der Waals surface area contributed by atoms with E-state index in [2.05, 4.69) is 37.6 Å². The minimum absolute atomic E-state index is 0.0523. The highest BCUT2D eigenvalue weighted by molar-refractivity contribution is 7.09. The van der Waals surface area contributed by atoms with E-state index in [1.165, 1.54) is 7.05 Å². The van der Waals surface area contributed by atoms with Gasteiger partial charge in [-0.3, -0.25) is 9.79 Å². The van der Waals surface area contributed by atoms with Gasteiger partial charge >= 0.3 is 6.18 Å². The van der Waals surface area contributed by atoms with E-state index in [1.54, 1.807) is 4.90 Å². The molecule has 3 rings (SSSR count). The number of carbonyl (C=O) groups is 1. The number of hydrogen-bond acceptors (Lipinski definition) is 5. The second kappa shape index (κ2) is 9.79. The number of guanidine groups is 1. The Labute approximate surface area is 176 Å². The van der Waals surface area contributed by atoms with Crippen LogP contribution in [0.5, 0.6) is 0 Å². The quantitative estimate of drug-likeness (QED) is 0.551. The molecule has 2 N–H and O–H groups in total. The number of piperazine rings is 1. The Morgan fingerprint density at radius 2 is 1.87 bits per heavy atom. The molecule has 0 aliphatic carbocycles. The number of alkyl halides is 3. The molecule has 0 radical (unpaired) electrons. The van der Waals surface area contributed by atoms with Crippen LogP contribution in [0.1, 0.15) is 10.7 Å². The first-order valence-electron chi connectivity index (χ1n) is 9.40. The van der Waals surface area contributed by atoms with Crippen LogP contribution in [0.25, 0.3) is 0 Å². The van der Waals surface area contributed by atoms with Gasteiger partial charge in [-0.05, 0) is 12.1 Å². The molecule has 1 aromatic carbocycles. The second-order valence-corrected chi connectivity index (χ2v) is 7.55. The van der Waals surface area contributed by atoms with Gasteiger partial charge in [0, 0.05) is 44.3 Å². The van der Waals surface area contributed by atoms with E-state index in [4.69, 9.17) is 0 Å². The van der Waals surface area contributed by atoms with Gasteiger partial charge in [0.15, 0.2) is 11.7 Å². The van der Waals surface area contributed by atoms with E-state index in [9.17, 15) is 18.0 Å². The van der Waals surface area contributed by atoms with Crippen molar-refractivity contribution in [3.63, 3.8) is 0 Å². The first-order chi connectivity index (χ1) is 14.4. The second-order valence-electron chi connectivity index (χ2n) is 6.61. The van der Waals surface area contributed by atoms with Gasteiger partial charge in [0.05, 0.1) is 13.1 Å². The molecule has 0 saturated carbocycles. The van der Waals surface area contributed by atoms with Crippen LogP contribution in [0.15, 0.2) is 40.7 Å². The number of aliphatic imine (C=N–C) groups is 1. The fourth-order valence-corrected chi connectivity index (χ4v) is 3.77. The predicted molar refractivity (Wildman–Crippen MR) is 111 cm³/mol. The summed E-state index contributed by atoms with van der Waals surface area (Å²) in [6.07, 6.45) is -4.45. The van der Waals surface area contributed by atoms with E-state index in [0.717, 1.165) is 35.5 Å². The summed E-state index contributed by atoms with van der Waals surface area (Å²) in [5.41, 5.74) is 0.236. The molecule has 1 aliphatic rings. The summed E-state index contributed by atoms with van der Waals surface area (Å²) in [6, 6.07) is 10.1. The first kappa shape index (κ1) is 21.9. The number of rotatable bonds is 5. The molecule has 1 amide bonds. The third-order valence-corrected chi connectivity index (χ3v) is 5.48. The van der Waals surface area contributed by atoms with Gasteiger partial charge < -0.3 is 20.4 Å². The Bertz CT molecular complexity index is 863. The van der Waals surface area contributed by atoms with Crippen molar-refractivity contribution in [1.29, 1.82) is 0 Å². The first-order valence-corrected chi connectivity index (χ1v) is 10.3. The Morgan fingerprint density at radius 1 is 1.17 bits per heavy atom. The summed E-state index contributed by atoms with van der Waals surface area (Å²) >= 11 is 0.918. The maximum Gasteiger partial charge on any atom is 0.434 e. The highest BCUT2D eigenvalue weighted by Gasteiger charge is 2.33. The van der Waals surface area contributed by atoms with E-state index in [0.29, 0.717) is 19.0 Å². The molecule has 0 atom stereocenters. The third-order valence-electron chi connectivity index (χ3n) is 4.63. The van der Waals surface area contributed by atoms with Crippen LogP contribution in [-0.2, 0) is 17.5 Å². The Hall–Kier alpha value is -2.82. The van der Waals surface area contributed by atoms with Crippen molar-refractivity contribution in [2.75, 3.05) is 44.7 Å². The highest BCUT2D eigenvalue weighted by atomic mass is 32.1. The molecule has 1 aliphatic heterocycles. The maximum absolute atomic E-state index is 12.6. The van der Waals surface area contributed by atoms with E-state index in [-0.39, 0.29) is 24.0 Å². The molecule has 0 spiro atoms. The summed E-state index contributed by atoms with van der Waals surface area (Å²) in [5, 5.41) is 7.05. The zero-order chi connectivity index (χ0) is 21.6. The number of para-hydroxylation sites is 1. The van der Waals surface area contributed by atoms with E-state index < -0.39 is 11.9 Å². The molecule has 2 heterocycles. The average Bonchev–Trinajstić information content (AvgIpc) is 3.24. The summed E-state index contributed by atoms with van der Waals surface area (Å²) < 4.78 is 37.8. The summed E-state index contributed by atoms with van der Waals surface area (Å²) in [4.78, 5) is 24.1. The number of benzene rings is 1. The van der Waals surface area contributed by atoms with Gasteiger partial charge in [-0.15, -0.1) is 11.3 Å². The topological polar surface area (TPSA) is 72.9 Å². The van der Waals surface area contributed by atoms with Gasteiger partial charge in [0.1, 0.15) is 5.01 Å². The number of nitrogens with zero attached hydrogens (tertiary/aromatic N) is 4.